The van der Waals surface area contributed by atoms with E-state index in [0.717, 1.165) is 28.3 Å². The summed E-state index contributed by atoms with van der Waals surface area (Å²) in [6.45, 7) is 2.50. The van der Waals surface area contributed by atoms with Crippen molar-refractivity contribution < 1.29 is 9.53 Å². The molecule has 0 unspecified atom stereocenters. The maximum atomic E-state index is 11.8. The lowest BCUT2D eigenvalue weighted by molar-refractivity contribution is 0.0999. The van der Waals surface area contributed by atoms with Crippen LogP contribution in [0.2, 0.25) is 5.02 Å². The smallest absolute Gasteiger partial charge is 0.250 e. The first-order valence-electron chi connectivity index (χ1n) is 7.88. The Hall–Kier alpha value is -2.72. The second-order valence-electron chi connectivity index (χ2n) is 5.84. The largest absolute Gasteiger partial charge is 0.497 e. The summed E-state index contributed by atoms with van der Waals surface area (Å²) in [6, 6.07) is 17.2. The average Bonchev–Trinajstić information content (AvgIpc) is 2.92. The van der Waals surface area contributed by atoms with Crippen molar-refractivity contribution in [2.45, 2.75) is 13.5 Å². The van der Waals surface area contributed by atoms with E-state index in [1.54, 1.807) is 7.11 Å². The molecule has 1 aromatic heterocycles. The molecule has 3 rings (SSSR count). The quantitative estimate of drug-likeness (QED) is 0.743. The third-order valence-electron chi connectivity index (χ3n) is 4.25. The molecule has 128 valence electrons. The number of halogens is 1. The number of methoxy groups -OCH3 is 1. The lowest BCUT2D eigenvalue weighted by Gasteiger charge is -2.13. The fourth-order valence-corrected chi connectivity index (χ4v) is 3.13. The third kappa shape index (κ3) is 3.54. The molecule has 1 amide bonds. The van der Waals surface area contributed by atoms with Crippen LogP contribution in [0.1, 0.15) is 21.6 Å². The van der Waals surface area contributed by atoms with Gasteiger partial charge in [0.2, 0.25) is 0 Å². The predicted octanol–water partition coefficient (Wildman–Crippen LogP) is 4.27. The number of primary amides is 1. The summed E-state index contributed by atoms with van der Waals surface area (Å²) in [5.41, 5.74) is 9.86. The number of hydrogen-bond acceptors (Lipinski definition) is 2. The van der Waals surface area contributed by atoms with Gasteiger partial charge in [-0.1, -0.05) is 23.7 Å². The van der Waals surface area contributed by atoms with Crippen LogP contribution < -0.4 is 10.5 Å². The summed E-state index contributed by atoms with van der Waals surface area (Å²) in [5, 5.41) is 0.684. The molecule has 0 fully saturated rings. The summed E-state index contributed by atoms with van der Waals surface area (Å²) in [4.78, 5) is 11.8. The molecule has 25 heavy (non-hydrogen) atoms. The normalized spacial score (nSPS) is 10.7. The van der Waals surface area contributed by atoms with Gasteiger partial charge in [-0.3, -0.25) is 4.79 Å². The number of rotatable bonds is 5. The van der Waals surface area contributed by atoms with E-state index in [0.29, 0.717) is 17.1 Å². The Morgan fingerprint density at radius 1 is 1.16 bits per heavy atom. The number of amides is 1. The molecule has 0 saturated heterocycles. The van der Waals surface area contributed by atoms with E-state index in [2.05, 4.69) is 4.57 Å². The van der Waals surface area contributed by atoms with Crippen LogP contribution in [0.15, 0.2) is 54.6 Å². The first kappa shape index (κ1) is 17.1. The van der Waals surface area contributed by atoms with Gasteiger partial charge < -0.3 is 15.0 Å². The van der Waals surface area contributed by atoms with Crippen molar-refractivity contribution in [2.75, 3.05) is 7.11 Å². The Morgan fingerprint density at radius 2 is 1.88 bits per heavy atom. The molecule has 5 heteroatoms. The minimum atomic E-state index is -0.433. The highest BCUT2D eigenvalue weighted by atomic mass is 35.5. The SMILES string of the molecule is COc1ccc(-c2cc(C(N)=O)c(C)n2Cc2cccc(Cl)c2)cc1. The number of benzene rings is 2. The number of carbonyl (C=O) groups is 1. The van der Waals surface area contributed by atoms with Crippen LogP contribution in [0.4, 0.5) is 0 Å². The van der Waals surface area contributed by atoms with Gasteiger partial charge in [0.05, 0.1) is 12.7 Å². The number of nitrogens with zero attached hydrogens (tertiary/aromatic N) is 1. The molecule has 0 aliphatic rings. The number of carbonyl (C=O) groups excluding carboxylic acids is 1. The molecule has 0 radical (unpaired) electrons. The van der Waals surface area contributed by atoms with E-state index in [1.165, 1.54) is 0 Å². The molecular weight excluding hydrogens is 336 g/mol. The molecule has 4 nitrogen and oxygen atoms in total. The van der Waals surface area contributed by atoms with Crippen molar-refractivity contribution in [3.05, 3.63) is 76.4 Å². The molecule has 0 aliphatic carbocycles. The number of hydrogen-bond donors (Lipinski definition) is 1. The van der Waals surface area contributed by atoms with Crippen LogP contribution in [0.25, 0.3) is 11.3 Å². The van der Waals surface area contributed by atoms with Gasteiger partial charge in [-0.2, -0.15) is 0 Å². The molecule has 2 N–H and O–H groups in total. The van der Waals surface area contributed by atoms with Gasteiger partial charge in [0, 0.05) is 23.0 Å². The Balaban J connectivity index is 2.09. The summed E-state index contributed by atoms with van der Waals surface area (Å²) in [7, 11) is 1.63. The van der Waals surface area contributed by atoms with Crippen LogP contribution in [0.5, 0.6) is 5.75 Å². The van der Waals surface area contributed by atoms with Gasteiger partial charge in [-0.25, -0.2) is 0 Å². The van der Waals surface area contributed by atoms with E-state index in [-0.39, 0.29) is 0 Å². The standard InChI is InChI=1S/C20H19ClN2O2/c1-13-18(20(22)24)11-19(15-6-8-17(25-2)9-7-15)23(13)12-14-4-3-5-16(21)10-14/h3-11H,12H2,1-2H3,(H2,22,24). The minimum absolute atomic E-state index is 0.433. The van der Waals surface area contributed by atoms with E-state index in [1.807, 2.05) is 61.5 Å². The zero-order valence-electron chi connectivity index (χ0n) is 14.1. The topological polar surface area (TPSA) is 57.2 Å². The van der Waals surface area contributed by atoms with Crippen molar-refractivity contribution in [1.82, 2.24) is 4.57 Å². The maximum Gasteiger partial charge on any atom is 0.250 e. The molecule has 0 aliphatic heterocycles. The van der Waals surface area contributed by atoms with E-state index in [9.17, 15) is 4.79 Å². The molecule has 0 spiro atoms. The number of ether oxygens (including phenoxy) is 1. The summed E-state index contributed by atoms with van der Waals surface area (Å²) in [6.07, 6.45) is 0. The summed E-state index contributed by atoms with van der Waals surface area (Å²) < 4.78 is 7.29. The Labute approximate surface area is 151 Å². The van der Waals surface area contributed by atoms with Crippen LogP contribution in [-0.4, -0.2) is 17.6 Å². The Kier molecular flexibility index (Phi) is 4.81. The van der Waals surface area contributed by atoms with Crippen molar-refractivity contribution in [1.29, 1.82) is 0 Å². The fourth-order valence-electron chi connectivity index (χ4n) is 2.92. The van der Waals surface area contributed by atoms with Crippen molar-refractivity contribution in [3.63, 3.8) is 0 Å². The molecule has 0 saturated carbocycles. The molecular formula is C20H19ClN2O2. The summed E-state index contributed by atoms with van der Waals surface area (Å²) in [5.74, 6) is 0.348. The first-order chi connectivity index (χ1) is 12.0. The first-order valence-corrected chi connectivity index (χ1v) is 8.26. The summed E-state index contributed by atoms with van der Waals surface area (Å²) >= 11 is 6.10. The van der Waals surface area contributed by atoms with Crippen molar-refractivity contribution in [3.8, 4) is 17.0 Å². The molecule has 3 aromatic rings. The van der Waals surface area contributed by atoms with Gasteiger partial charge in [-0.15, -0.1) is 0 Å². The third-order valence-corrected chi connectivity index (χ3v) is 4.48. The highest BCUT2D eigenvalue weighted by molar-refractivity contribution is 6.30. The van der Waals surface area contributed by atoms with Gasteiger partial charge in [-0.05, 0) is 60.5 Å². The Bertz CT molecular complexity index is 914. The average molecular weight is 355 g/mol. The fraction of sp³-hybridized carbons (Fsp3) is 0.150. The molecule has 0 atom stereocenters. The zero-order valence-corrected chi connectivity index (χ0v) is 14.9. The maximum absolute atomic E-state index is 11.8. The van der Waals surface area contributed by atoms with Crippen LogP contribution in [0, 0.1) is 6.92 Å². The number of aromatic nitrogens is 1. The van der Waals surface area contributed by atoms with Crippen LogP contribution in [-0.2, 0) is 6.54 Å². The Morgan fingerprint density at radius 3 is 2.48 bits per heavy atom. The van der Waals surface area contributed by atoms with E-state index < -0.39 is 5.91 Å². The lowest BCUT2D eigenvalue weighted by atomic mass is 10.1. The predicted molar refractivity (Wildman–Crippen MR) is 100 cm³/mol. The second-order valence-corrected chi connectivity index (χ2v) is 6.27. The highest BCUT2D eigenvalue weighted by Gasteiger charge is 2.17. The van der Waals surface area contributed by atoms with E-state index >= 15 is 0 Å². The number of nitrogens with two attached hydrogens (primary N) is 1. The monoisotopic (exact) mass is 354 g/mol. The van der Waals surface area contributed by atoms with Crippen LogP contribution >= 0.6 is 11.6 Å². The van der Waals surface area contributed by atoms with E-state index in [4.69, 9.17) is 22.1 Å². The van der Waals surface area contributed by atoms with Gasteiger partial charge >= 0.3 is 0 Å². The molecule has 1 heterocycles. The molecule has 2 aromatic carbocycles. The van der Waals surface area contributed by atoms with Crippen LogP contribution in [0.3, 0.4) is 0 Å². The molecule has 0 bridgehead atoms. The van der Waals surface area contributed by atoms with Gasteiger partial charge in [0.1, 0.15) is 5.75 Å². The lowest BCUT2D eigenvalue weighted by Crippen LogP contribution is -2.12. The minimum Gasteiger partial charge on any atom is -0.497 e. The zero-order chi connectivity index (χ0) is 18.0. The van der Waals surface area contributed by atoms with Crippen molar-refractivity contribution >= 4 is 17.5 Å². The van der Waals surface area contributed by atoms with Gasteiger partial charge in [0.25, 0.3) is 5.91 Å². The van der Waals surface area contributed by atoms with Gasteiger partial charge in [0.15, 0.2) is 0 Å². The van der Waals surface area contributed by atoms with Crippen molar-refractivity contribution in [2.24, 2.45) is 5.73 Å². The highest BCUT2D eigenvalue weighted by Crippen LogP contribution is 2.28. The second kappa shape index (κ2) is 7.03.